The predicted octanol–water partition coefficient (Wildman–Crippen LogP) is 8.44. The van der Waals surface area contributed by atoms with Crippen LogP contribution >= 0.6 is 0 Å². The van der Waals surface area contributed by atoms with E-state index < -0.39 is 14.6 Å². The Hall–Kier alpha value is -3.86. The molecule has 4 heteroatoms. The fourth-order valence-electron chi connectivity index (χ4n) is 6.26. The van der Waals surface area contributed by atoms with Crippen molar-refractivity contribution in [3.63, 3.8) is 0 Å². The van der Waals surface area contributed by atoms with Crippen LogP contribution in [0.5, 0.6) is 11.5 Å². The summed E-state index contributed by atoms with van der Waals surface area (Å²) in [7, 11) is 0.238. The smallest absolute Gasteiger partial charge is 0.229 e. The van der Waals surface area contributed by atoms with Crippen LogP contribution in [0.4, 0.5) is 0 Å². The number of ether oxygens (including phenoxy) is 1. The second-order valence-corrected chi connectivity index (χ2v) is 14.3. The molecule has 1 unspecified atom stereocenters. The minimum absolute atomic E-state index is 0.194. The van der Waals surface area contributed by atoms with Crippen molar-refractivity contribution in [2.24, 2.45) is 0 Å². The Kier molecular flexibility index (Phi) is 6.36. The third-order valence-corrected chi connectivity index (χ3v) is 8.68. The molecular weight excluding hydrogens is 508 g/mol. The lowest BCUT2D eigenvalue weighted by atomic mass is 9.76. The Morgan fingerprint density at radius 2 is 1.32 bits per heavy atom. The molecular formula is C36H36O3Si. The molecule has 1 aliphatic rings. The van der Waals surface area contributed by atoms with Crippen molar-refractivity contribution in [3.8, 4) is 33.8 Å². The summed E-state index contributed by atoms with van der Waals surface area (Å²) in [6.07, 6.45) is 0. The minimum atomic E-state index is -1.47. The van der Waals surface area contributed by atoms with Crippen LogP contribution < -0.4 is 9.16 Å². The largest absolute Gasteiger partial charge is 0.546 e. The highest BCUT2D eigenvalue weighted by Crippen LogP contribution is 2.57. The molecule has 0 aliphatic heterocycles. The lowest BCUT2D eigenvalue weighted by molar-refractivity contribution is 0.131. The maximum atomic E-state index is 13.2. The standard InChI is InChI=1S/C36H36O3Si/c1-35(2,3)30-22-31-33(34-27(30)20-24(38-4)21-32(34)39-40(5)6)26-17-11-13-19-29(26)36(31,37)28-18-12-10-16-25(28)23-14-8-7-9-15-23/h7-22,37,40H,1-6H3. The molecule has 0 amide bonds. The predicted molar refractivity (Wildman–Crippen MR) is 168 cm³/mol. The minimum Gasteiger partial charge on any atom is -0.546 e. The van der Waals surface area contributed by atoms with E-state index in [1.54, 1.807) is 7.11 Å². The molecule has 0 radical (unpaired) electrons. The maximum absolute atomic E-state index is 13.2. The van der Waals surface area contributed by atoms with E-state index in [9.17, 15) is 5.11 Å². The number of hydrogen-bond acceptors (Lipinski definition) is 3. The molecule has 0 saturated carbocycles. The van der Waals surface area contributed by atoms with Crippen molar-refractivity contribution in [2.75, 3.05) is 7.11 Å². The van der Waals surface area contributed by atoms with Gasteiger partial charge >= 0.3 is 0 Å². The molecule has 1 aliphatic carbocycles. The van der Waals surface area contributed by atoms with Gasteiger partial charge in [-0.15, -0.1) is 0 Å². The average molecular weight is 545 g/mol. The molecule has 40 heavy (non-hydrogen) atoms. The molecule has 0 aromatic heterocycles. The van der Waals surface area contributed by atoms with E-state index in [-0.39, 0.29) is 5.41 Å². The molecule has 5 aromatic rings. The van der Waals surface area contributed by atoms with Crippen molar-refractivity contribution in [2.45, 2.75) is 44.9 Å². The summed E-state index contributed by atoms with van der Waals surface area (Å²) in [6.45, 7) is 11.0. The van der Waals surface area contributed by atoms with Gasteiger partial charge in [0.25, 0.3) is 0 Å². The quantitative estimate of drug-likeness (QED) is 0.226. The second kappa shape index (κ2) is 9.65. The fourth-order valence-corrected chi connectivity index (χ4v) is 6.95. The average Bonchev–Trinajstić information content (AvgIpc) is 3.21. The van der Waals surface area contributed by atoms with Gasteiger partial charge in [-0.3, -0.25) is 0 Å². The lowest BCUT2D eigenvalue weighted by Crippen LogP contribution is -2.28. The molecule has 1 atom stereocenters. The third-order valence-electron chi connectivity index (χ3n) is 7.96. The number of benzene rings is 5. The van der Waals surface area contributed by atoms with Gasteiger partial charge in [0.1, 0.15) is 17.1 Å². The molecule has 0 bridgehead atoms. The van der Waals surface area contributed by atoms with Crippen molar-refractivity contribution in [1.82, 2.24) is 0 Å². The zero-order chi connectivity index (χ0) is 28.2. The van der Waals surface area contributed by atoms with Crippen LogP contribution in [0.15, 0.2) is 97.1 Å². The van der Waals surface area contributed by atoms with E-state index in [1.165, 1.54) is 0 Å². The van der Waals surface area contributed by atoms with Gasteiger partial charge in [0.05, 0.1) is 7.11 Å². The molecule has 0 spiro atoms. The highest BCUT2D eigenvalue weighted by Gasteiger charge is 2.46. The molecule has 6 rings (SSSR count). The molecule has 0 saturated heterocycles. The first-order valence-corrected chi connectivity index (χ1v) is 16.8. The zero-order valence-corrected chi connectivity index (χ0v) is 25.2. The van der Waals surface area contributed by atoms with Gasteiger partial charge in [-0.25, -0.2) is 0 Å². The number of aliphatic hydroxyl groups is 1. The van der Waals surface area contributed by atoms with Crippen LogP contribution in [0.2, 0.25) is 13.1 Å². The molecule has 1 N–H and O–H groups in total. The number of hydrogen-bond donors (Lipinski definition) is 1. The van der Waals surface area contributed by atoms with Crippen molar-refractivity contribution in [1.29, 1.82) is 0 Å². The van der Waals surface area contributed by atoms with Crippen LogP contribution in [-0.4, -0.2) is 21.3 Å². The number of methoxy groups -OCH3 is 1. The van der Waals surface area contributed by atoms with Gasteiger partial charge in [-0.2, -0.15) is 0 Å². The van der Waals surface area contributed by atoms with Gasteiger partial charge in [-0.05, 0) is 52.2 Å². The zero-order valence-electron chi connectivity index (χ0n) is 24.1. The molecule has 0 heterocycles. The van der Waals surface area contributed by atoms with Gasteiger partial charge in [0, 0.05) is 33.7 Å². The van der Waals surface area contributed by atoms with Gasteiger partial charge in [0.2, 0.25) is 9.04 Å². The van der Waals surface area contributed by atoms with Crippen LogP contribution in [-0.2, 0) is 11.0 Å². The SMILES string of the molecule is COc1cc(O[SiH](C)C)c2c3c(cc(C(C)(C)C)c2c1)C(O)(c1ccccc1-c1ccccc1)c1ccccc1-3. The Labute approximate surface area is 238 Å². The Balaban J connectivity index is 1.80. The number of rotatable bonds is 5. The summed E-state index contributed by atoms with van der Waals surface area (Å²) in [4.78, 5) is 0. The fraction of sp³-hybridized carbons (Fsp3) is 0.222. The van der Waals surface area contributed by atoms with E-state index in [4.69, 9.17) is 9.16 Å². The summed E-state index contributed by atoms with van der Waals surface area (Å²) in [5, 5.41) is 15.3. The highest BCUT2D eigenvalue weighted by molar-refractivity contribution is 6.49. The highest BCUT2D eigenvalue weighted by atomic mass is 28.3. The van der Waals surface area contributed by atoms with Crippen molar-refractivity contribution in [3.05, 3.63) is 119 Å². The van der Waals surface area contributed by atoms with E-state index in [0.717, 1.165) is 66.8 Å². The molecule has 202 valence electrons. The van der Waals surface area contributed by atoms with Crippen LogP contribution in [0.3, 0.4) is 0 Å². The van der Waals surface area contributed by atoms with Crippen LogP contribution in [0.1, 0.15) is 43.0 Å². The molecule has 3 nitrogen and oxygen atoms in total. The normalized spacial score (nSPS) is 16.2. The maximum Gasteiger partial charge on any atom is 0.229 e. The summed E-state index contributed by atoms with van der Waals surface area (Å²) in [6, 6.07) is 33.2. The Bertz CT molecular complexity index is 1730. The first-order valence-electron chi connectivity index (χ1n) is 14.0. The topological polar surface area (TPSA) is 38.7 Å². The monoisotopic (exact) mass is 544 g/mol. The van der Waals surface area contributed by atoms with Gasteiger partial charge < -0.3 is 14.3 Å². The van der Waals surface area contributed by atoms with E-state index >= 15 is 0 Å². The van der Waals surface area contributed by atoms with Crippen molar-refractivity contribution >= 4 is 19.8 Å². The summed E-state index contributed by atoms with van der Waals surface area (Å²) < 4.78 is 12.4. The summed E-state index contributed by atoms with van der Waals surface area (Å²) in [5.41, 5.74) is 6.45. The first kappa shape index (κ1) is 26.4. The number of fused-ring (bicyclic) bond motifs is 5. The van der Waals surface area contributed by atoms with Gasteiger partial charge in [0.15, 0.2) is 0 Å². The Morgan fingerprint density at radius 1 is 0.725 bits per heavy atom. The third kappa shape index (κ3) is 4.06. The van der Waals surface area contributed by atoms with Crippen LogP contribution in [0, 0.1) is 0 Å². The van der Waals surface area contributed by atoms with Gasteiger partial charge in [-0.1, -0.05) is 106 Å². The summed E-state index contributed by atoms with van der Waals surface area (Å²) >= 11 is 0. The van der Waals surface area contributed by atoms with E-state index in [0.29, 0.717) is 0 Å². The first-order chi connectivity index (χ1) is 19.1. The van der Waals surface area contributed by atoms with Crippen molar-refractivity contribution < 1.29 is 14.3 Å². The van der Waals surface area contributed by atoms with E-state index in [1.807, 2.05) is 42.5 Å². The second-order valence-electron chi connectivity index (χ2n) is 12.0. The summed E-state index contributed by atoms with van der Waals surface area (Å²) in [5.74, 6) is 1.60. The van der Waals surface area contributed by atoms with E-state index in [2.05, 4.69) is 88.5 Å². The molecule has 5 aromatic carbocycles. The molecule has 0 fully saturated rings. The Morgan fingerprint density at radius 3 is 1.95 bits per heavy atom. The lowest BCUT2D eigenvalue weighted by Gasteiger charge is -2.31. The van der Waals surface area contributed by atoms with Crippen LogP contribution in [0.25, 0.3) is 33.0 Å².